The summed E-state index contributed by atoms with van der Waals surface area (Å²) in [5.41, 5.74) is -0.413. The molecule has 2 saturated heterocycles. The van der Waals surface area contributed by atoms with Gasteiger partial charge < -0.3 is 14.4 Å². The molecule has 3 atom stereocenters. The summed E-state index contributed by atoms with van der Waals surface area (Å²) in [4.78, 5) is 13.3. The molecule has 0 spiro atoms. The van der Waals surface area contributed by atoms with Crippen LogP contribution in [0.2, 0.25) is 0 Å². The van der Waals surface area contributed by atoms with Crippen LogP contribution in [0.25, 0.3) is 0 Å². The molecule has 7 heteroatoms. The molecule has 1 amide bonds. The Hall–Kier alpha value is -1.47. The van der Waals surface area contributed by atoms with Crippen molar-refractivity contribution in [3.05, 3.63) is 35.4 Å². The van der Waals surface area contributed by atoms with Crippen molar-refractivity contribution < 1.29 is 23.0 Å². The van der Waals surface area contributed by atoms with Crippen LogP contribution in [0.5, 0.6) is 0 Å². The summed E-state index contributed by atoms with van der Waals surface area (Å²) in [5, 5.41) is 0. The van der Waals surface area contributed by atoms with Crippen LogP contribution in [0, 0.1) is 11.6 Å². The topological polar surface area (TPSA) is 42.1 Å². The van der Waals surface area contributed by atoms with Gasteiger partial charge in [0.05, 0.1) is 24.9 Å². The van der Waals surface area contributed by atoms with Gasteiger partial charge in [-0.2, -0.15) is 0 Å². The number of epoxide rings is 1. The number of rotatable bonds is 4. The predicted octanol–water partition coefficient (Wildman–Crippen LogP) is 2.39. The molecule has 1 aromatic carbocycles. The van der Waals surface area contributed by atoms with E-state index in [1.807, 2.05) is 0 Å². The van der Waals surface area contributed by atoms with Crippen molar-refractivity contribution in [3.63, 3.8) is 0 Å². The maximum atomic E-state index is 13.4. The highest BCUT2D eigenvalue weighted by Gasteiger charge is 2.49. The van der Waals surface area contributed by atoms with Gasteiger partial charge in [0.25, 0.3) is 0 Å². The third-order valence-corrected chi connectivity index (χ3v) is 4.28. The number of carbonyl (C=O) groups excluding carboxylic acids is 1. The van der Waals surface area contributed by atoms with Gasteiger partial charge in [-0.05, 0) is 38.0 Å². The number of nitrogens with zero attached hydrogens (tertiary/aromatic N) is 1. The summed E-state index contributed by atoms with van der Waals surface area (Å²) in [6.45, 7) is 4.17. The molecule has 0 unspecified atom stereocenters. The minimum atomic E-state index is -0.873. The van der Waals surface area contributed by atoms with E-state index in [2.05, 4.69) is 0 Å². The van der Waals surface area contributed by atoms with E-state index in [4.69, 9.17) is 17.3 Å². The molecular formula is C16H18BF2NO3. The van der Waals surface area contributed by atoms with Gasteiger partial charge in [0, 0.05) is 12.5 Å². The predicted molar refractivity (Wildman–Crippen MR) is 80.1 cm³/mol. The minimum absolute atomic E-state index is 0.107. The Morgan fingerprint density at radius 1 is 1.35 bits per heavy atom. The zero-order valence-electron chi connectivity index (χ0n) is 13.1. The van der Waals surface area contributed by atoms with Crippen molar-refractivity contribution in [2.45, 2.75) is 50.7 Å². The lowest BCUT2D eigenvalue weighted by Crippen LogP contribution is -2.48. The number of amides is 1. The molecule has 2 radical (unpaired) electrons. The molecule has 0 aliphatic carbocycles. The number of halogens is 2. The fraction of sp³-hybridized carbons (Fsp3) is 0.562. The smallest absolute Gasteiger partial charge is 0.200 e. The monoisotopic (exact) mass is 321 g/mol. The zero-order chi connectivity index (χ0) is 16.8. The van der Waals surface area contributed by atoms with E-state index in [9.17, 15) is 13.6 Å². The van der Waals surface area contributed by atoms with E-state index in [-0.39, 0.29) is 18.6 Å². The maximum absolute atomic E-state index is 13.4. The second-order valence-electron chi connectivity index (χ2n) is 6.55. The average Bonchev–Trinajstić information content (AvgIpc) is 3.14. The minimum Gasteiger partial charge on any atom is -0.373 e. The van der Waals surface area contributed by atoms with Gasteiger partial charge in [0.1, 0.15) is 17.4 Å². The second kappa shape index (κ2) is 5.87. The molecule has 0 aromatic heterocycles. The Bertz CT molecular complexity index is 601. The molecule has 1 aromatic rings. The Morgan fingerprint density at radius 2 is 1.96 bits per heavy atom. The molecule has 122 valence electrons. The van der Waals surface area contributed by atoms with Crippen LogP contribution in [0.3, 0.4) is 0 Å². The first-order valence-corrected chi connectivity index (χ1v) is 7.59. The highest BCUT2D eigenvalue weighted by molar-refractivity contribution is 6.57. The quantitative estimate of drug-likeness (QED) is 0.632. The Kier molecular flexibility index (Phi) is 4.18. The highest BCUT2D eigenvalue weighted by Crippen LogP contribution is 2.37. The Morgan fingerprint density at radius 3 is 2.48 bits per heavy atom. The normalized spacial score (nSPS) is 28.9. The van der Waals surface area contributed by atoms with Gasteiger partial charge in [-0.25, -0.2) is 8.78 Å². The fourth-order valence-corrected chi connectivity index (χ4v) is 3.36. The lowest BCUT2D eigenvalue weighted by atomic mass is 9.94. The van der Waals surface area contributed by atoms with E-state index >= 15 is 0 Å². The highest BCUT2D eigenvalue weighted by atomic mass is 19.1. The first-order valence-electron chi connectivity index (χ1n) is 7.59. The fourth-order valence-electron chi connectivity index (χ4n) is 3.36. The molecule has 2 heterocycles. The van der Waals surface area contributed by atoms with Crippen LogP contribution >= 0.6 is 0 Å². The first kappa shape index (κ1) is 16.4. The SMILES string of the molecule is [B]C(=O)N1[C@@H](Cc2cc(F)cc(F)c2)[C@H](C[C@H]2CO2)OC1(C)C. The van der Waals surface area contributed by atoms with Crippen LogP contribution in [0.15, 0.2) is 18.2 Å². The van der Waals surface area contributed by atoms with E-state index in [1.165, 1.54) is 17.0 Å². The zero-order valence-corrected chi connectivity index (χ0v) is 13.1. The molecule has 23 heavy (non-hydrogen) atoms. The molecule has 2 aliphatic rings. The number of benzene rings is 1. The van der Waals surface area contributed by atoms with Gasteiger partial charge >= 0.3 is 0 Å². The van der Waals surface area contributed by atoms with Crippen molar-refractivity contribution in [1.82, 2.24) is 4.90 Å². The van der Waals surface area contributed by atoms with Crippen molar-refractivity contribution in [2.75, 3.05) is 6.61 Å². The molecule has 0 saturated carbocycles. The van der Waals surface area contributed by atoms with Gasteiger partial charge in [-0.3, -0.25) is 4.79 Å². The largest absolute Gasteiger partial charge is 0.373 e. The van der Waals surface area contributed by atoms with Gasteiger partial charge in [-0.1, -0.05) is 0 Å². The third-order valence-electron chi connectivity index (χ3n) is 4.28. The van der Waals surface area contributed by atoms with Crippen molar-refractivity contribution in [3.8, 4) is 0 Å². The molecule has 0 bridgehead atoms. The maximum Gasteiger partial charge on any atom is 0.200 e. The van der Waals surface area contributed by atoms with Gasteiger partial charge in [0.15, 0.2) is 5.81 Å². The Balaban J connectivity index is 1.87. The molecule has 2 aliphatic heterocycles. The lowest BCUT2D eigenvalue weighted by Gasteiger charge is -2.33. The average molecular weight is 321 g/mol. The van der Waals surface area contributed by atoms with Crippen molar-refractivity contribution in [1.29, 1.82) is 0 Å². The summed E-state index contributed by atoms with van der Waals surface area (Å²) in [7, 11) is 5.51. The number of carbonyl (C=O) groups is 1. The summed E-state index contributed by atoms with van der Waals surface area (Å²) in [5.74, 6) is -1.91. The number of hydrogen-bond donors (Lipinski definition) is 0. The Labute approximate surface area is 135 Å². The van der Waals surface area contributed by atoms with E-state index in [0.717, 1.165) is 6.07 Å². The van der Waals surface area contributed by atoms with Crippen molar-refractivity contribution >= 4 is 13.7 Å². The van der Waals surface area contributed by atoms with Crippen LogP contribution < -0.4 is 0 Å². The first-order chi connectivity index (χ1) is 10.8. The van der Waals surface area contributed by atoms with Crippen LogP contribution in [0.4, 0.5) is 13.6 Å². The van der Waals surface area contributed by atoms with Crippen LogP contribution in [0.1, 0.15) is 25.8 Å². The summed E-state index contributed by atoms with van der Waals surface area (Å²) in [6.07, 6.45) is 0.695. The van der Waals surface area contributed by atoms with E-state index < -0.39 is 29.2 Å². The third kappa shape index (κ3) is 3.56. The standard InChI is InChI=1S/C16H18BF2NO3/c1-16(2)20(15(17)21)13(14(23-16)7-12-8-22-12)5-9-3-10(18)6-11(19)4-9/h3-4,6,12-14H,5,7-8H2,1-2H3/t12-,13-,14-/m0/s1. The van der Waals surface area contributed by atoms with E-state index in [1.54, 1.807) is 13.8 Å². The molecule has 2 fully saturated rings. The molecular weight excluding hydrogens is 303 g/mol. The van der Waals surface area contributed by atoms with E-state index in [0.29, 0.717) is 18.6 Å². The summed E-state index contributed by atoms with van der Waals surface area (Å²) < 4.78 is 38.1. The molecule has 3 rings (SSSR count). The van der Waals surface area contributed by atoms with Gasteiger partial charge in [-0.15, -0.1) is 0 Å². The second-order valence-corrected chi connectivity index (χ2v) is 6.55. The number of ether oxygens (including phenoxy) is 2. The van der Waals surface area contributed by atoms with Crippen LogP contribution in [-0.2, 0) is 15.9 Å². The van der Waals surface area contributed by atoms with Crippen molar-refractivity contribution in [2.24, 2.45) is 0 Å². The van der Waals surface area contributed by atoms with Crippen LogP contribution in [-0.4, -0.2) is 49.1 Å². The summed E-state index contributed by atoms with van der Waals surface area (Å²) in [6, 6.07) is 2.95. The number of hydrogen-bond acceptors (Lipinski definition) is 3. The lowest BCUT2D eigenvalue weighted by molar-refractivity contribution is -0.0606. The van der Waals surface area contributed by atoms with Gasteiger partial charge in [0.2, 0.25) is 7.85 Å². The summed E-state index contributed by atoms with van der Waals surface area (Å²) >= 11 is 0. The molecule has 4 nitrogen and oxygen atoms in total. The molecule has 0 N–H and O–H groups in total.